The second kappa shape index (κ2) is 2.58. The molecule has 5 heteroatoms. The van der Waals surface area contributed by atoms with Crippen LogP contribution < -0.4 is 5.73 Å². The fourth-order valence-corrected chi connectivity index (χ4v) is 1.74. The minimum absolute atomic E-state index is 0.330. The standard InChI is InChI=1S/C7H5FIN3/c8-4-1-3(10)2-5-6(4)7(9)12-11-5/h1-2H,10H2,(H,11,12). The van der Waals surface area contributed by atoms with E-state index >= 15 is 0 Å². The van der Waals surface area contributed by atoms with Crippen molar-refractivity contribution in [3.05, 3.63) is 21.7 Å². The number of rotatable bonds is 0. The zero-order valence-corrected chi connectivity index (χ0v) is 8.09. The van der Waals surface area contributed by atoms with Crippen LogP contribution in [0, 0.1) is 9.52 Å². The number of aromatic amines is 1. The Hall–Kier alpha value is -0.850. The van der Waals surface area contributed by atoms with Crippen molar-refractivity contribution in [2.75, 3.05) is 5.73 Å². The van der Waals surface area contributed by atoms with Gasteiger partial charge in [-0.1, -0.05) is 0 Å². The molecule has 0 saturated heterocycles. The minimum Gasteiger partial charge on any atom is -0.399 e. The van der Waals surface area contributed by atoms with Crippen molar-refractivity contribution >= 4 is 39.2 Å². The molecule has 3 N–H and O–H groups in total. The van der Waals surface area contributed by atoms with Crippen LogP contribution in [0.5, 0.6) is 0 Å². The molecule has 3 nitrogen and oxygen atoms in total. The van der Waals surface area contributed by atoms with E-state index in [1.165, 1.54) is 6.07 Å². The van der Waals surface area contributed by atoms with Gasteiger partial charge in [0.2, 0.25) is 0 Å². The lowest BCUT2D eigenvalue weighted by Gasteiger charge is -1.94. The summed E-state index contributed by atoms with van der Waals surface area (Å²) in [5, 5.41) is 7.08. The van der Waals surface area contributed by atoms with Crippen molar-refractivity contribution in [3.8, 4) is 0 Å². The first-order chi connectivity index (χ1) is 5.68. The van der Waals surface area contributed by atoms with Gasteiger partial charge in [-0.3, -0.25) is 5.10 Å². The Labute approximate surface area is 81.3 Å². The van der Waals surface area contributed by atoms with Crippen LogP contribution in [0.1, 0.15) is 0 Å². The second-order valence-corrected chi connectivity index (χ2v) is 3.51. The average Bonchev–Trinajstić information content (AvgIpc) is 2.31. The maximum Gasteiger partial charge on any atom is 0.137 e. The van der Waals surface area contributed by atoms with E-state index in [9.17, 15) is 4.39 Å². The molecular formula is C7H5FIN3. The van der Waals surface area contributed by atoms with Crippen LogP contribution in [0.15, 0.2) is 12.1 Å². The zero-order chi connectivity index (χ0) is 8.72. The average molecular weight is 277 g/mol. The van der Waals surface area contributed by atoms with Gasteiger partial charge in [-0.2, -0.15) is 5.10 Å². The molecule has 0 aliphatic carbocycles. The molecule has 62 valence electrons. The number of halogens is 2. The third-order valence-electron chi connectivity index (χ3n) is 1.59. The van der Waals surface area contributed by atoms with Crippen molar-refractivity contribution in [3.63, 3.8) is 0 Å². The monoisotopic (exact) mass is 277 g/mol. The van der Waals surface area contributed by atoms with Crippen molar-refractivity contribution < 1.29 is 4.39 Å². The van der Waals surface area contributed by atoms with Gasteiger partial charge in [-0.15, -0.1) is 0 Å². The molecule has 0 atom stereocenters. The molecule has 1 aromatic carbocycles. The SMILES string of the molecule is Nc1cc(F)c2c(I)[nH]nc2c1. The number of aromatic nitrogens is 2. The van der Waals surface area contributed by atoms with E-state index in [1.807, 2.05) is 22.6 Å². The summed E-state index contributed by atoms with van der Waals surface area (Å²) in [5.74, 6) is -0.330. The topological polar surface area (TPSA) is 54.7 Å². The second-order valence-electron chi connectivity index (χ2n) is 2.43. The lowest BCUT2D eigenvalue weighted by molar-refractivity contribution is 0.640. The summed E-state index contributed by atoms with van der Waals surface area (Å²) in [6, 6.07) is 2.93. The highest BCUT2D eigenvalue weighted by atomic mass is 127. The summed E-state index contributed by atoms with van der Waals surface area (Å²) < 4.78 is 13.9. The molecule has 0 fully saturated rings. The summed E-state index contributed by atoms with van der Waals surface area (Å²) in [7, 11) is 0. The van der Waals surface area contributed by atoms with E-state index in [0.29, 0.717) is 20.3 Å². The molecule has 0 aliphatic rings. The van der Waals surface area contributed by atoms with Gasteiger partial charge in [0, 0.05) is 5.69 Å². The quantitative estimate of drug-likeness (QED) is 0.570. The summed E-state index contributed by atoms with van der Waals surface area (Å²) in [6.07, 6.45) is 0. The molecule has 0 aliphatic heterocycles. The number of nitrogens with two attached hydrogens (primary N) is 1. The highest BCUT2D eigenvalue weighted by Gasteiger charge is 2.08. The number of nitrogens with zero attached hydrogens (tertiary/aromatic N) is 1. The maximum atomic E-state index is 13.2. The van der Waals surface area contributed by atoms with Crippen LogP contribution in [0.2, 0.25) is 0 Å². The van der Waals surface area contributed by atoms with Crippen LogP contribution in [0.3, 0.4) is 0 Å². The lowest BCUT2D eigenvalue weighted by atomic mass is 10.2. The van der Waals surface area contributed by atoms with Gasteiger partial charge in [0.15, 0.2) is 0 Å². The zero-order valence-electron chi connectivity index (χ0n) is 5.94. The Morgan fingerprint density at radius 1 is 1.50 bits per heavy atom. The number of hydrogen-bond acceptors (Lipinski definition) is 2. The van der Waals surface area contributed by atoms with Crippen molar-refractivity contribution in [2.24, 2.45) is 0 Å². The van der Waals surface area contributed by atoms with Crippen LogP contribution in [-0.4, -0.2) is 10.2 Å². The molecule has 0 radical (unpaired) electrons. The van der Waals surface area contributed by atoms with Gasteiger partial charge in [0.1, 0.15) is 9.52 Å². The number of anilines is 1. The van der Waals surface area contributed by atoms with E-state index < -0.39 is 0 Å². The fraction of sp³-hybridized carbons (Fsp3) is 0. The molecule has 2 rings (SSSR count). The van der Waals surface area contributed by atoms with Gasteiger partial charge in [0.05, 0.1) is 10.9 Å². The molecule has 1 aromatic heterocycles. The first-order valence-electron chi connectivity index (χ1n) is 3.27. The number of fused-ring (bicyclic) bond motifs is 1. The van der Waals surface area contributed by atoms with Crippen LogP contribution in [-0.2, 0) is 0 Å². The number of H-pyrrole nitrogens is 1. The van der Waals surface area contributed by atoms with E-state index in [2.05, 4.69) is 10.2 Å². The number of nitrogens with one attached hydrogen (secondary N) is 1. The minimum atomic E-state index is -0.330. The van der Waals surface area contributed by atoms with E-state index in [4.69, 9.17) is 5.73 Å². The highest BCUT2D eigenvalue weighted by molar-refractivity contribution is 14.1. The first-order valence-corrected chi connectivity index (χ1v) is 4.35. The Morgan fingerprint density at radius 2 is 2.25 bits per heavy atom. The van der Waals surface area contributed by atoms with Crippen LogP contribution >= 0.6 is 22.6 Å². The Morgan fingerprint density at radius 3 is 3.00 bits per heavy atom. The molecule has 0 bridgehead atoms. The molecule has 1 heterocycles. The van der Waals surface area contributed by atoms with Gasteiger partial charge >= 0.3 is 0 Å². The molecule has 0 spiro atoms. The van der Waals surface area contributed by atoms with Crippen LogP contribution in [0.25, 0.3) is 10.9 Å². The predicted octanol–water partition coefficient (Wildman–Crippen LogP) is 1.89. The smallest absolute Gasteiger partial charge is 0.137 e. The third kappa shape index (κ3) is 1.04. The Bertz CT molecular complexity index is 437. The van der Waals surface area contributed by atoms with Crippen LogP contribution in [0.4, 0.5) is 10.1 Å². The first kappa shape index (κ1) is 7.78. The molecule has 0 unspecified atom stereocenters. The van der Waals surface area contributed by atoms with Gasteiger partial charge in [-0.25, -0.2) is 4.39 Å². The van der Waals surface area contributed by atoms with E-state index in [-0.39, 0.29) is 5.82 Å². The molecule has 12 heavy (non-hydrogen) atoms. The maximum absolute atomic E-state index is 13.2. The highest BCUT2D eigenvalue weighted by Crippen LogP contribution is 2.23. The Balaban J connectivity index is 2.93. The molecule has 2 aromatic rings. The summed E-state index contributed by atoms with van der Waals surface area (Å²) in [5.41, 5.74) is 6.40. The van der Waals surface area contributed by atoms with Gasteiger partial charge in [-0.05, 0) is 34.7 Å². The summed E-state index contributed by atoms with van der Waals surface area (Å²) >= 11 is 1.99. The van der Waals surface area contributed by atoms with Gasteiger partial charge in [0.25, 0.3) is 0 Å². The molecule has 0 saturated carbocycles. The fourth-order valence-electron chi connectivity index (χ4n) is 1.08. The lowest BCUT2D eigenvalue weighted by Crippen LogP contribution is -1.86. The molecular weight excluding hydrogens is 272 g/mol. The predicted molar refractivity (Wildman–Crippen MR) is 53.2 cm³/mol. The third-order valence-corrected chi connectivity index (χ3v) is 2.37. The van der Waals surface area contributed by atoms with Crippen molar-refractivity contribution in [2.45, 2.75) is 0 Å². The Kier molecular flexibility index (Phi) is 1.67. The number of hydrogen-bond donors (Lipinski definition) is 2. The summed E-state index contributed by atoms with van der Waals surface area (Å²) in [6.45, 7) is 0. The van der Waals surface area contributed by atoms with E-state index in [0.717, 1.165) is 0 Å². The van der Waals surface area contributed by atoms with Gasteiger partial charge < -0.3 is 5.73 Å². The molecule has 0 amide bonds. The number of benzene rings is 1. The summed E-state index contributed by atoms with van der Waals surface area (Å²) in [4.78, 5) is 0. The van der Waals surface area contributed by atoms with Crippen molar-refractivity contribution in [1.29, 1.82) is 0 Å². The van der Waals surface area contributed by atoms with E-state index in [1.54, 1.807) is 6.07 Å². The largest absolute Gasteiger partial charge is 0.399 e. The normalized spacial score (nSPS) is 10.8. The van der Waals surface area contributed by atoms with Crippen molar-refractivity contribution in [1.82, 2.24) is 10.2 Å². The number of nitrogen functional groups attached to an aromatic ring is 1.